The molecule has 386 valence electrons. The Morgan fingerprint density at radius 1 is 0.767 bits per heavy atom. The first-order chi connectivity index (χ1) is 35.0. The van der Waals surface area contributed by atoms with E-state index < -0.39 is 72.6 Å². The molecule has 17 nitrogen and oxygen atoms in total. The van der Waals surface area contributed by atoms with E-state index in [4.69, 9.17) is 18.9 Å². The highest BCUT2D eigenvalue weighted by Gasteiger charge is 2.44. The number of H-pyrrole nitrogens is 2. The van der Waals surface area contributed by atoms with Crippen molar-refractivity contribution in [1.82, 2.24) is 44.9 Å². The van der Waals surface area contributed by atoms with E-state index in [1.807, 2.05) is 66.9 Å². The maximum atomic E-state index is 17.0. The molecule has 0 aliphatic carbocycles. The normalized spacial score (nSPS) is 20.6. The number of benzene rings is 3. The third-order valence-electron chi connectivity index (χ3n) is 14.0. The molecule has 0 bridgehead atoms. The standard InChI is InChI=1S/C53H60F3N9O8/c1-9-28(6)72-35-12-10-11-30(16-35)51-65-39-14-13-29(37-22-57-47(59-37)41-20-33(54)24-63(41)49(66)45(26(2)3)61-52(68)70-7)15-32(39)18-40(65)44-36(56)17-31(19-43(44)73-51)38-23-58-48(60-38)42-21-34(55)25-64(42)50(67)46(27(4)5)62-53(69)71-8/h10-19,22-23,26-28,33-34,41-42,45-46,51H,9,20-21,24-25H2,1-8H3,(H,57,59)(H,58,60)(H,61,68)(H,62,69)/t28?,33-,34-,41+,42+,45-,46-,51?/m1/s1. The second-order valence-electron chi connectivity index (χ2n) is 19.6. The number of ether oxygens (including phenoxy) is 4. The molecule has 0 radical (unpaired) electrons. The van der Waals surface area contributed by atoms with Gasteiger partial charge in [-0.05, 0) is 67.6 Å². The van der Waals surface area contributed by atoms with Gasteiger partial charge in [-0.3, -0.25) is 9.59 Å². The smallest absolute Gasteiger partial charge is 0.407 e. The van der Waals surface area contributed by atoms with E-state index in [1.54, 1.807) is 40.0 Å². The summed E-state index contributed by atoms with van der Waals surface area (Å²) in [6.07, 6.45) is -1.15. The Kier molecular flexibility index (Phi) is 14.2. The number of hydrogen-bond acceptors (Lipinski definition) is 10. The van der Waals surface area contributed by atoms with Gasteiger partial charge in [0.1, 0.15) is 53.4 Å². The molecule has 3 aromatic heterocycles. The van der Waals surface area contributed by atoms with Crippen LogP contribution in [0.5, 0.6) is 11.5 Å². The number of hydrogen-bond donors (Lipinski definition) is 4. The minimum Gasteiger partial charge on any atom is -0.491 e. The first kappa shape index (κ1) is 50.4. The fraction of sp³-hybridized carbons (Fsp3) is 0.434. The van der Waals surface area contributed by atoms with Crippen LogP contribution in [-0.4, -0.2) is 116 Å². The summed E-state index contributed by atoms with van der Waals surface area (Å²) in [4.78, 5) is 70.4. The average Bonchev–Trinajstić information content (AvgIpc) is 4.24. The average molecular weight is 1010 g/mol. The van der Waals surface area contributed by atoms with E-state index in [0.717, 1.165) is 28.5 Å². The summed E-state index contributed by atoms with van der Waals surface area (Å²) < 4.78 is 71.8. The Hall–Kier alpha value is -7.51. The molecule has 20 heteroatoms. The number of carbonyl (C=O) groups is 4. The summed E-state index contributed by atoms with van der Waals surface area (Å²) in [5.74, 6) is -0.574. The fourth-order valence-electron chi connectivity index (χ4n) is 10.0. The Labute approximate surface area is 420 Å². The quantitative estimate of drug-likeness (QED) is 0.0816. The van der Waals surface area contributed by atoms with Crippen LogP contribution in [0, 0.1) is 17.7 Å². The lowest BCUT2D eigenvalue weighted by molar-refractivity contribution is -0.136. The largest absolute Gasteiger partial charge is 0.491 e. The van der Waals surface area contributed by atoms with Crippen LogP contribution in [-0.2, 0) is 19.1 Å². The van der Waals surface area contributed by atoms with Crippen molar-refractivity contribution in [3.05, 3.63) is 96.1 Å². The summed E-state index contributed by atoms with van der Waals surface area (Å²) in [5.41, 5.74) is 4.35. The van der Waals surface area contributed by atoms with Crippen molar-refractivity contribution >= 4 is 34.9 Å². The highest BCUT2D eigenvalue weighted by atomic mass is 19.1. The van der Waals surface area contributed by atoms with Gasteiger partial charge in [0.05, 0.1) is 86.1 Å². The number of aromatic amines is 2. The first-order valence-corrected chi connectivity index (χ1v) is 24.6. The monoisotopic (exact) mass is 1010 g/mol. The van der Waals surface area contributed by atoms with Gasteiger partial charge in [-0.25, -0.2) is 32.7 Å². The zero-order chi connectivity index (χ0) is 52.0. The minimum absolute atomic E-state index is 0.0162. The third-order valence-corrected chi connectivity index (χ3v) is 14.0. The second kappa shape index (κ2) is 20.5. The maximum absolute atomic E-state index is 17.0. The number of alkyl halides is 2. The number of aromatic nitrogens is 5. The van der Waals surface area contributed by atoms with Crippen LogP contribution in [0.3, 0.4) is 0 Å². The Balaban J connectivity index is 1.06. The number of carbonyl (C=O) groups excluding carboxylic acids is 4. The number of halogens is 3. The number of fused-ring (bicyclic) bond motifs is 5. The van der Waals surface area contributed by atoms with Gasteiger partial charge in [-0.15, -0.1) is 0 Å². The van der Waals surface area contributed by atoms with E-state index in [0.29, 0.717) is 40.0 Å². The van der Waals surface area contributed by atoms with Crippen LogP contribution in [0.4, 0.5) is 22.8 Å². The number of methoxy groups -OCH3 is 2. The molecule has 3 aromatic carbocycles. The van der Waals surface area contributed by atoms with Crippen molar-refractivity contribution < 1.29 is 51.3 Å². The molecule has 4 N–H and O–H groups in total. The highest BCUT2D eigenvalue weighted by Crippen LogP contribution is 2.48. The van der Waals surface area contributed by atoms with E-state index in [1.165, 1.54) is 36.3 Å². The third kappa shape index (κ3) is 9.90. The molecule has 8 atom stereocenters. The Bertz CT molecular complexity index is 3040. The summed E-state index contributed by atoms with van der Waals surface area (Å²) >= 11 is 0. The van der Waals surface area contributed by atoms with E-state index in [2.05, 4.69) is 30.6 Å². The summed E-state index contributed by atoms with van der Waals surface area (Å²) in [5, 5.41) is 5.91. The van der Waals surface area contributed by atoms with Crippen molar-refractivity contribution in [1.29, 1.82) is 0 Å². The van der Waals surface area contributed by atoms with Gasteiger partial charge in [0, 0.05) is 34.9 Å². The van der Waals surface area contributed by atoms with Gasteiger partial charge in [0.25, 0.3) is 0 Å². The lowest BCUT2D eigenvalue weighted by Gasteiger charge is -2.31. The minimum atomic E-state index is -1.35. The van der Waals surface area contributed by atoms with Crippen LogP contribution in [0.1, 0.15) is 96.3 Å². The Morgan fingerprint density at radius 2 is 1.34 bits per heavy atom. The molecule has 2 unspecified atom stereocenters. The Morgan fingerprint density at radius 3 is 1.89 bits per heavy atom. The number of imidazole rings is 2. The van der Waals surface area contributed by atoms with E-state index in [9.17, 15) is 19.2 Å². The molecule has 6 aromatic rings. The van der Waals surface area contributed by atoms with Crippen molar-refractivity contribution in [2.24, 2.45) is 11.8 Å². The summed E-state index contributed by atoms with van der Waals surface area (Å²) in [6, 6.07) is 14.9. The van der Waals surface area contributed by atoms with Gasteiger partial charge >= 0.3 is 12.2 Å². The lowest BCUT2D eigenvalue weighted by Crippen LogP contribution is -2.51. The van der Waals surface area contributed by atoms with Gasteiger partial charge in [-0.2, -0.15) is 0 Å². The van der Waals surface area contributed by atoms with Crippen LogP contribution in [0.25, 0.3) is 44.7 Å². The van der Waals surface area contributed by atoms with E-state index >= 15 is 13.2 Å². The second-order valence-corrected chi connectivity index (χ2v) is 19.6. The van der Waals surface area contributed by atoms with Crippen LogP contribution in [0.2, 0.25) is 0 Å². The number of nitrogens with zero attached hydrogens (tertiary/aromatic N) is 5. The van der Waals surface area contributed by atoms with Crippen molar-refractivity contribution in [3.63, 3.8) is 0 Å². The number of alkyl carbamates (subject to hydrolysis) is 2. The predicted octanol–water partition coefficient (Wildman–Crippen LogP) is 9.33. The molecule has 9 rings (SSSR count). The molecule has 3 aliphatic rings. The first-order valence-electron chi connectivity index (χ1n) is 24.6. The van der Waals surface area contributed by atoms with Crippen LogP contribution < -0.4 is 20.1 Å². The molecule has 3 aliphatic heterocycles. The molecule has 4 amide bonds. The zero-order valence-electron chi connectivity index (χ0n) is 41.9. The van der Waals surface area contributed by atoms with Crippen LogP contribution in [0.15, 0.2) is 73.1 Å². The number of amides is 4. The maximum Gasteiger partial charge on any atom is 0.407 e. The predicted molar refractivity (Wildman–Crippen MR) is 264 cm³/mol. The molecule has 73 heavy (non-hydrogen) atoms. The van der Waals surface area contributed by atoms with Gasteiger partial charge in [0.15, 0.2) is 0 Å². The fourth-order valence-corrected chi connectivity index (χ4v) is 10.0. The molecular weight excluding hydrogens is 948 g/mol. The molecule has 0 saturated carbocycles. The molecular formula is C53H60F3N9O8. The molecule has 2 saturated heterocycles. The molecule has 0 spiro atoms. The topological polar surface area (TPSA) is 198 Å². The number of rotatable bonds is 14. The van der Waals surface area contributed by atoms with E-state index in [-0.39, 0.29) is 55.2 Å². The van der Waals surface area contributed by atoms with Gasteiger partial charge < -0.3 is 53.9 Å². The SMILES string of the molecule is CCC(C)Oc1cccc(C2Oc3cc(-c4cnc([C@@H]5C[C@@H](F)CN5C(=O)[C@H](NC(=O)OC)C(C)C)[nH]4)cc(F)c3-c3cc4cc(-c5cnc([C@@H]6C[C@@H](F)CN6C(=O)[C@H](NC(=O)OC)C(C)C)[nH]5)ccc4n32)c1. The molecule has 2 fully saturated rings. The van der Waals surface area contributed by atoms with Crippen molar-refractivity contribution in [3.8, 4) is 45.3 Å². The highest BCUT2D eigenvalue weighted by molar-refractivity contribution is 5.93. The zero-order valence-corrected chi connectivity index (χ0v) is 41.9. The number of nitrogens with one attached hydrogen (secondary N) is 4. The molecule has 6 heterocycles. The van der Waals surface area contributed by atoms with Gasteiger partial charge in [0.2, 0.25) is 18.0 Å². The summed E-state index contributed by atoms with van der Waals surface area (Å²) in [6.45, 7) is 10.8. The van der Waals surface area contributed by atoms with Crippen molar-refractivity contribution in [2.45, 2.75) is 110 Å². The summed E-state index contributed by atoms with van der Waals surface area (Å²) in [7, 11) is 2.41. The van der Waals surface area contributed by atoms with Crippen LogP contribution >= 0.6 is 0 Å². The number of likely N-dealkylation sites (tertiary alicyclic amines) is 2. The lowest BCUT2D eigenvalue weighted by atomic mass is 10.0. The van der Waals surface area contributed by atoms with Crippen molar-refractivity contribution in [2.75, 3.05) is 27.3 Å². The van der Waals surface area contributed by atoms with Gasteiger partial charge in [-0.1, -0.05) is 52.8 Å².